The van der Waals surface area contributed by atoms with Crippen LogP contribution in [0.15, 0.2) is 60.7 Å². The van der Waals surface area contributed by atoms with Gasteiger partial charge in [-0.2, -0.15) is 0 Å². The average Bonchev–Trinajstić information content (AvgIpc) is 3.68. The second-order valence-electron chi connectivity index (χ2n) is 12.2. The molecular formula is C33H29N5O7. The van der Waals surface area contributed by atoms with Crippen molar-refractivity contribution in [3.05, 3.63) is 88.5 Å². The highest BCUT2D eigenvalue weighted by atomic mass is 16.5. The molecule has 7 rings (SSSR count). The summed E-state index contributed by atoms with van der Waals surface area (Å²) in [6, 6.07) is 16.8. The summed E-state index contributed by atoms with van der Waals surface area (Å²) in [5.41, 5.74) is 2.28. The number of carbonyl (C=O) groups excluding carboxylic acids is 6. The van der Waals surface area contributed by atoms with Gasteiger partial charge in [0.25, 0.3) is 17.7 Å². The number of carbonyl (C=O) groups is 6. The number of imide groups is 2. The molecule has 2 unspecified atom stereocenters. The number of methoxy groups -OCH3 is 1. The third-order valence-electron chi connectivity index (χ3n) is 9.26. The summed E-state index contributed by atoms with van der Waals surface area (Å²) in [6.07, 6.45) is 0.627. The highest BCUT2D eigenvalue weighted by molar-refractivity contribution is 6.09. The van der Waals surface area contributed by atoms with Gasteiger partial charge in [-0.15, -0.1) is 0 Å². The number of rotatable bonds is 7. The molecule has 0 saturated carbocycles. The second-order valence-corrected chi connectivity index (χ2v) is 12.2. The van der Waals surface area contributed by atoms with E-state index in [2.05, 4.69) is 21.3 Å². The fourth-order valence-electron chi connectivity index (χ4n) is 6.87. The molecule has 3 aliphatic heterocycles. The summed E-state index contributed by atoms with van der Waals surface area (Å²) >= 11 is 0. The predicted octanol–water partition coefficient (Wildman–Crippen LogP) is 2.40. The second kappa shape index (κ2) is 10.0. The summed E-state index contributed by atoms with van der Waals surface area (Å²) in [6.45, 7) is 1.83. The van der Waals surface area contributed by atoms with Crippen molar-refractivity contribution in [1.29, 1.82) is 0 Å². The van der Waals surface area contributed by atoms with Crippen molar-refractivity contribution in [2.24, 2.45) is 5.92 Å². The highest BCUT2D eigenvalue weighted by Crippen LogP contribution is 2.37. The number of ether oxygens (including phenoxy) is 1. The molecule has 45 heavy (non-hydrogen) atoms. The van der Waals surface area contributed by atoms with Crippen LogP contribution >= 0.6 is 0 Å². The lowest BCUT2D eigenvalue weighted by Gasteiger charge is -2.31. The number of ketones is 1. The Labute approximate surface area is 257 Å². The predicted molar refractivity (Wildman–Crippen MR) is 159 cm³/mol. The van der Waals surface area contributed by atoms with Crippen LogP contribution in [0, 0.1) is 5.92 Å². The maximum absolute atomic E-state index is 13.3. The van der Waals surface area contributed by atoms with Gasteiger partial charge < -0.3 is 20.3 Å². The molecule has 0 bridgehead atoms. The number of nitrogens with zero attached hydrogens (tertiary/aromatic N) is 1. The highest BCUT2D eigenvalue weighted by Gasteiger charge is 2.51. The van der Waals surface area contributed by atoms with Gasteiger partial charge in [0.15, 0.2) is 11.3 Å². The van der Waals surface area contributed by atoms with Crippen molar-refractivity contribution < 1.29 is 33.5 Å². The first-order valence-corrected chi connectivity index (χ1v) is 14.5. The summed E-state index contributed by atoms with van der Waals surface area (Å²) < 4.78 is 5.26. The maximum Gasteiger partial charge on any atom is 0.322 e. The first-order valence-electron chi connectivity index (χ1n) is 14.5. The molecule has 3 aromatic carbocycles. The van der Waals surface area contributed by atoms with E-state index in [0.717, 1.165) is 22.3 Å². The minimum Gasteiger partial charge on any atom is -0.497 e. The molecule has 12 heteroatoms. The Morgan fingerprint density at radius 3 is 2.18 bits per heavy atom. The number of benzene rings is 3. The Bertz CT molecular complexity index is 1850. The number of fused-ring (bicyclic) bond motifs is 2. The first kappa shape index (κ1) is 28.3. The maximum atomic E-state index is 13.3. The number of urea groups is 2. The molecule has 12 nitrogen and oxygen atoms in total. The summed E-state index contributed by atoms with van der Waals surface area (Å²) in [7, 11) is 1.52. The molecular weight excluding hydrogens is 578 g/mol. The van der Waals surface area contributed by atoms with Gasteiger partial charge in [0.1, 0.15) is 11.3 Å². The molecule has 3 heterocycles. The van der Waals surface area contributed by atoms with Crippen molar-refractivity contribution in [3.8, 4) is 16.9 Å². The summed E-state index contributed by atoms with van der Waals surface area (Å²) in [5.74, 6) is -1.22. The lowest BCUT2D eigenvalue weighted by Crippen LogP contribution is -2.52. The van der Waals surface area contributed by atoms with Gasteiger partial charge in [0.05, 0.1) is 13.7 Å². The van der Waals surface area contributed by atoms with Crippen LogP contribution in [0.25, 0.3) is 11.1 Å². The SMILES string of the molecule is COc1ccc2c(c1)C(=O)N(C[C@@]1(c3ccc(-c4ccc5c(c4)CC(CC4(C)NC(=O)NC4=O)C5=O)cc3)NC(=O)NC1=O)C2. The monoisotopic (exact) mass is 607 g/mol. The van der Waals surface area contributed by atoms with Crippen LogP contribution in [-0.2, 0) is 28.1 Å². The Balaban J connectivity index is 1.13. The van der Waals surface area contributed by atoms with Gasteiger partial charge in [-0.3, -0.25) is 29.8 Å². The fraction of sp³-hybridized carbons (Fsp3) is 0.273. The van der Waals surface area contributed by atoms with Crippen LogP contribution in [0.5, 0.6) is 5.75 Å². The van der Waals surface area contributed by atoms with E-state index in [1.165, 1.54) is 12.0 Å². The van der Waals surface area contributed by atoms with Gasteiger partial charge in [-0.1, -0.05) is 48.5 Å². The normalized spacial score (nSPS) is 25.1. The van der Waals surface area contributed by atoms with Crippen molar-refractivity contribution in [1.82, 2.24) is 26.2 Å². The van der Waals surface area contributed by atoms with Crippen molar-refractivity contribution >= 4 is 35.6 Å². The van der Waals surface area contributed by atoms with E-state index in [1.54, 1.807) is 37.3 Å². The van der Waals surface area contributed by atoms with Gasteiger partial charge in [0, 0.05) is 23.6 Å². The van der Waals surface area contributed by atoms with E-state index in [4.69, 9.17) is 4.74 Å². The topological polar surface area (TPSA) is 163 Å². The lowest BCUT2D eigenvalue weighted by molar-refractivity contribution is -0.125. The smallest absolute Gasteiger partial charge is 0.322 e. The largest absolute Gasteiger partial charge is 0.497 e. The summed E-state index contributed by atoms with van der Waals surface area (Å²) in [4.78, 5) is 77.6. The fourth-order valence-corrected chi connectivity index (χ4v) is 6.87. The van der Waals surface area contributed by atoms with Crippen LogP contribution in [0.3, 0.4) is 0 Å². The molecule has 0 spiro atoms. The average molecular weight is 608 g/mol. The Hall–Kier alpha value is -5.52. The summed E-state index contributed by atoms with van der Waals surface area (Å²) in [5, 5.41) is 9.95. The molecule has 228 valence electrons. The number of nitrogens with one attached hydrogen (secondary N) is 4. The van der Waals surface area contributed by atoms with Gasteiger partial charge in [-0.25, -0.2) is 9.59 Å². The standard InChI is InChI=1S/C33H29N5O7/c1-32(28(41)34-30(43)36-32)14-21-12-20-11-18(6-10-24(20)26(21)39)17-3-7-22(8-4-17)33(29(42)35-31(44)37-33)16-38-15-19-5-9-23(45-2)13-25(19)27(38)40/h3-11,13,21H,12,14-16H2,1-2H3,(H2,34,36,41,43)(H2,35,37,42,44)/t21?,32?,33-/m0/s1. The van der Waals surface area contributed by atoms with Crippen molar-refractivity contribution in [2.45, 2.75) is 37.4 Å². The zero-order chi connectivity index (χ0) is 31.7. The van der Waals surface area contributed by atoms with Crippen LogP contribution in [-0.4, -0.2) is 59.7 Å². The first-order chi connectivity index (χ1) is 21.5. The Kier molecular flexibility index (Phi) is 6.29. The molecule has 2 saturated heterocycles. The molecule has 4 N–H and O–H groups in total. The zero-order valence-corrected chi connectivity index (χ0v) is 24.5. The molecule has 0 radical (unpaired) electrons. The third kappa shape index (κ3) is 4.52. The van der Waals surface area contributed by atoms with E-state index < -0.39 is 40.9 Å². The van der Waals surface area contributed by atoms with E-state index in [9.17, 15) is 28.8 Å². The molecule has 2 fully saturated rings. The van der Waals surface area contributed by atoms with Crippen LogP contribution in [0.1, 0.15) is 50.8 Å². The van der Waals surface area contributed by atoms with Crippen molar-refractivity contribution in [3.63, 3.8) is 0 Å². The van der Waals surface area contributed by atoms with E-state index in [0.29, 0.717) is 28.9 Å². The van der Waals surface area contributed by atoms with Crippen LogP contribution in [0.2, 0.25) is 0 Å². The van der Waals surface area contributed by atoms with Gasteiger partial charge >= 0.3 is 12.1 Å². The number of hydrogen-bond acceptors (Lipinski definition) is 7. The minimum atomic E-state index is -1.49. The van der Waals surface area contributed by atoms with E-state index in [1.807, 2.05) is 30.3 Å². The lowest BCUT2D eigenvalue weighted by atomic mass is 9.87. The molecule has 3 aromatic rings. The van der Waals surface area contributed by atoms with Gasteiger partial charge in [0.2, 0.25) is 0 Å². The van der Waals surface area contributed by atoms with E-state index in [-0.39, 0.29) is 31.2 Å². The number of amides is 7. The van der Waals surface area contributed by atoms with Crippen LogP contribution in [0.4, 0.5) is 9.59 Å². The molecule has 7 amide bonds. The quantitative estimate of drug-likeness (QED) is 0.300. The van der Waals surface area contributed by atoms with Crippen LogP contribution < -0.4 is 26.0 Å². The minimum absolute atomic E-state index is 0.0657. The third-order valence-corrected chi connectivity index (χ3v) is 9.26. The van der Waals surface area contributed by atoms with Gasteiger partial charge in [-0.05, 0) is 59.7 Å². The van der Waals surface area contributed by atoms with E-state index >= 15 is 0 Å². The Morgan fingerprint density at radius 1 is 0.800 bits per heavy atom. The molecule has 3 atom stereocenters. The zero-order valence-electron chi connectivity index (χ0n) is 24.5. The molecule has 4 aliphatic rings. The Morgan fingerprint density at radius 2 is 1.51 bits per heavy atom. The molecule has 1 aliphatic carbocycles. The number of Topliss-reactive ketones (excluding diaryl/α,β-unsaturated/α-hetero) is 1. The number of hydrogen-bond donors (Lipinski definition) is 4. The van der Waals surface area contributed by atoms with Crippen molar-refractivity contribution in [2.75, 3.05) is 13.7 Å². The molecule has 0 aromatic heterocycles.